The average molecular weight is 577 g/mol. The molecule has 210 valence electrons. The Labute approximate surface area is 220 Å². The van der Waals surface area contributed by atoms with E-state index in [9.17, 15) is 44.3 Å². The zero-order valence-corrected chi connectivity index (χ0v) is 21.0. The van der Waals surface area contributed by atoms with Crippen LogP contribution in [0.1, 0.15) is 36.0 Å². The van der Waals surface area contributed by atoms with Crippen molar-refractivity contribution in [3.63, 3.8) is 0 Å². The molecular weight excluding hydrogens is 553 g/mol. The van der Waals surface area contributed by atoms with Gasteiger partial charge in [0.25, 0.3) is 5.60 Å². The largest absolute Gasteiger partial charge is 0.430 e. The molecule has 0 aromatic heterocycles. The number of hydrogen-bond donors (Lipinski definition) is 1. The molecule has 3 aromatic carbocycles. The first kappa shape index (κ1) is 29.0. The molecule has 0 heterocycles. The first-order valence-electron chi connectivity index (χ1n) is 11.7. The van der Waals surface area contributed by atoms with Crippen LogP contribution in [0.15, 0.2) is 83.8 Å². The lowest BCUT2D eigenvalue weighted by Crippen LogP contribution is -2.55. The minimum atomic E-state index is -5.93. The van der Waals surface area contributed by atoms with Gasteiger partial charge in [-0.05, 0) is 54.7 Å². The molecule has 1 aliphatic rings. The number of aliphatic hydroxyl groups excluding tert-OH is 1. The van der Waals surface area contributed by atoms with Crippen LogP contribution in [0.25, 0.3) is 0 Å². The lowest BCUT2D eigenvalue weighted by Gasteiger charge is -2.38. The molecule has 0 saturated heterocycles. The predicted molar refractivity (Wildman–Crippen MR) is 127 cm³/mol. The molecule has 0 spiro atoms. The fourth-order valence-electron chi connectivity index (χ4n) is 4.99. The fourth-order valence-corrected chi connectivity index (χ4v) is 7.19. The smallest absolute Gasteiger partial charge is 0.393 e. The number of hydrogen-bond acceptors (Lipinski definition) is 4. The number of halogens is 7. The summed E-state index contributed by atoms with van der Waals surface area (Å²) >= 11 is 0. The molecule has 3 aromatic rings. The molecule has 1 fully saturated rings. The summed E-state index contributed by atoms with van der Waals surface area (Å²) in [5.74, 6) is -0.704. The number of sulfone groups is 1. The SMILES string of the molecule is O=S(=O)(c1ccc(F)cc1)C1(c2ccc(C(OCc3ccccc3)(C(F)(F)F)C(F)(F)F)cc2)CCC(O)C1. The van der Waals surface area contributed by atoms with Crippen LogP contribution in [0.5, 0.6) is 0 Å². The van der Waals surface area contributed by atoms with Crippen molar-refractivity contribution < 1.29 is 49.0 Å². The third kappa shape index (κ3) is 5.05. The summed E-state index contributed by atoms with van der Waals surface area (Å²) in [6.07, 6.45) is -13.4. The van der Waals surface area contributed by atoms with Crippen LogP contribution in [-0.2, 0) is 31.5 Å². The Morgan fingerprint density at radius 1 is 0.846 bits per heavy atom. The molecule has 2 unspecified atom stereocenters. The second-order valence-electron chi connectivity index (χ2n) is 9.38. The lowest BCUT2D eigenvalue weighted by molar-refractivity contribution is -0.392. The van der Waals surface area contributed by atoms with Crippen molar-refractivity contribution >= 4 is 9.84 Å². The number of alkyl halides is 6. The Balaban J connectivity index is 1.82. The summed E-state index contributed by atoms with van der Waals surface area (Å²) in [5.41, 5.74) is -6.01. The summed E-state index contributed by atoms with van der Waals surface area (Å²) in [4.78, 5) is -0.298. The van der Waals surface area contributed by atoms with Crippen LogP contribution in [-0.4, -0.2) is 32.0 Å². The van der Waals surface area contributed by atoms with Gasteiger partial charge >= 0.3 is 12.4 Å². The Morgan fingerprint density at radius 3 is 1.90 bits per heavy atom. The quantitative estimate of drug-likeness (QED) is 0.255. The van der Waals surface area contributed by atoms with Crippen LogP contribution in [0, 0.1) is 5.82 Å². The highest BCUT2D eigenvalue weighted by Gasteiger charge is 2.73. The number of rotatable bonds is 7. The van der Waals surface area contributed by atoms with Gasteiger partial charge in [-0.1, -0.05) is 54.6 Å². The Hall–Kier alpha value is -2.96. The lowest BCUT2D eigenvalue weighted by atomic mass is 9.88. The van der Waals surface area contributed by atoms with Gasteiger partial charge in [0.1, 0.15) is 10.6 Å². The van der Waals surface area contributed by atoms with Gasteiger partial charge in [-0.3, -0.25) is 0 Å². The van der Waals surface area contributed by atoms with Crippen molar-refractivity contribution in [2.45, 2.75) is 59.6 Å². The van der Waals surface area contributed by atoms with Gasteiger partial charge in [0.15, 0.2) is 9.84 Å². The van der Waals surface area contributed by atoms with Crippen LogP contribution in [0.2, 0.25) is 0 Å². The molecule has 0 bridgehead atoms. The van der Waals surface area contributed by atoms with Gasteiger partial charge in [-0.15, -0.1) is 0 Å². The predicted octanol–water partition coefficient (Wildman–Crippen LogP) is 6.58. The van der Waals surface area contributed by atoms with Crippen molar-refractivity contribution in [2.75, 3.05) is 0 Å². The maximum absolute atomic E-state index is 14.2. The van der Waals surface area contributed by atoms with Crippen molar-refractivity contribution in [2.24, 2.45) is 0 Å². The van der Waals surface area contributed by atoms with Gasteiger partial charge in [0.05, 0.1) is 17.6 Å². The van der Waals surface area contributed by atoms with E-state index < -0.39 is 56.6 Å². The molecule has 0 amide bonds. The minimum absolute atomic E-state index is 0.0252. The van der Waals surface area contributed by atoms with E-state index in [1.165, 1.54) is 24.3 Å². The van der Waals surface area contributed by atoms with E-state index in [0.717, 1.165) is 36.4 Å². The molecule has 39 heavy (non-hydrogen) atoms. The third-order valence-electron chi connectivity index (χ3n) is 7.00. The first-order chi connectivity index (χ1) is 18.1. The van der Waals surface area contributed by atoms with Crippen LogP contribution >= 0.6 is 0 Å². The van der Waals surface area contributed by atoms with Crippen molar-refractivity contribution in [3.05, 3.63) is 101 Å². The zero-order chi connectivity index (χ0) is 28.7. The fraction of sp³-hybridized carbons (Fsp3) is 0.333. The standard InChI is InChI=1S/C27H23F7O4S/c28-21-10-12-23(13-11-21)39(36,37)24(15-14-22(35)16-24)19-6-8-20(9-7-19)25(26(29,30)31,27(32,33)34)38-17-18-4-2-1-3-5-18/h1-13,22,35H,14-17H2. The highest BCUT2D eigenvalue weighted by molar-refractivity contribution is 7.92. The van der Waals surface area contributed by atoms with E-state index in [4.69, 9.17) is 0 Å². The van der Waals surface area contributed by atoms with Gasteiger partial charge in [0.2, 0.25) is 0 Å². The highest BCUT2D eigenvalue weighted by atomic mass is 32.2. The molecule has 1 N–H and O–H groups in total. The maximum atomic E-state index is 14.2. The summed E-state index contributed by atoms with van der Waals surface area (Å²) in [6, 6.07) is 13.8. The second kappa shape index (κ2) is 10.2. The molecule has 12 heteroatoms. The molecule has 0 radical (unpaired) electrons. The van der Waals surface area contributed by atoms with E-state index in [0.29, 0.717) is 12.1 Å². The van der Waals surface area contributed by atoms with Crippen molar-refractivity contribution in [1.29, 1.82) is 0 Å². The van der Waals surface area contributed by atoms with Gasteiger partial charge in [-0.25, -0.2) is 12.8 Å². The monoisotopic (exact) mass is 576 g/mol. The van der Waals surface area contributed by atoms with Crippen LogP contribution < -0.4 is 0 Å². The Morgan fingerprint density at radius 2 is 1.41 bits per heavy atom. The summed E-state index contributed by atoms with van der Waals surface area (Å²) in [6.45, 7) is -1.00. The van der Waals surface area contributed by atoms with E-state index in [1.807, 2.05) is 0 Å². The third-order valence-corrected chi connectivity index (χ3v) is 9.53. The van der Waals surface area contributed by atoms with Gasteiger partial charge < -0.3 is 9.84 Å². The highest BCUT2D eigenvalue weighted by Crippen LogP contribution is 2.54. The first-order valence-corrected chi connectivity index (χ1v) is 13.2. The molecule has 2 atom stereocenters. The molecular formula is C27H23F7O4S. The molecule has 4 nitrogen and oxygen atoms in total. The average Bonchev–Trinajstić information content (AvgIpc) is 3.27. The zero-order valence-electron chi connectivity index (χ0n) is 20.1. The topological polar surface area (TPSA) is 63.6 Å². The molecule has 0 aliphatic heterocycles. The van der Waals surface area contributed by atoms with Gasteiger partial charge in [0, 0.05) is 5.56 Å². The van der Waals surface area contributed by atoms with E-state index in [-0.39, 0.29) is 35.3 Å². The van der Waals surface area contributed by atoms with Crippen LogP contribution in [0.3, 0.4) is 0 Å². The van der Waals surface area contributed by atoms with E-state index in [1.54, 1.807) is 6.07 Å². The van der Waals surface area contributed by atoms with Crippen LogP contribution in [0.4, 0.5) is 30.7 Å². The maximum Gasteiger partial charge on any atom is 0.430 e. The Bertz CT molecular complexity index is 1370. The molecule has 1 saturated carbocycles. The summed E-state index contributed by atoms with van der Waals surface area (Å²) < 4.78 is 129. The number of aliphatic hydroxyl groups is 1. The van der Waals surface area contributed by atoms with Crippen molar-refractivity contribution in [3.8, 4) is 0 Å². The van der Waals surface area contributed by atoms with Crippen molar-refractivity contribution in [1.82, 2.24) is 0 Å². The summed E-state index contributed by atoms with van der Waals surface area (Å²) in [7, 11) is -4.36. The Kier molecular flexibility index (Phi) is 7.61. The second-order valence-corrected chi connectivity index (χ2v) is 11.6. The summed E-state index contributed by atoms with van der Waals surface area (Å²) in [5, 5.41) is 10.2. The van der Waals surface area contributed by atoms with Gasteiger partial charge in [-0.2, -0.15) is 26.3 Å². The minimum Gasteiger partial charge on any atom is -0.393 e. The molecule has 1 aliphatic carbocycles. The normalized spacial score (nSPS) is 20.8. The van der Waals surface area contributed by atoms with E-state index in [2.05, 4.69) is 4.74 Å². The number of benzene rings is 3. The number of ether oxygens (including phenoxy) is 1. The van der Waals surface area contributed by atoms with E-state index >= 15 is 0 Å². The molecule has 4 rings (SSSR count).